The van der Waals surface area contributed by atoms with Gasteiger partial charge < -0.3 is 14.6 Å². The molecule has 0 spiro atoms. The zero-order chi connectivity index (χ0) is 15.7. The maximum Gasteiger partial charge on any atom is 0.250 e. The van der Waals surface area contributed by atoms with Gasteiger partial charge in [0.2, 0.25) is 0 Å². The highest BCUT2D eigenvalue weighted by atomic mass is 16.7. The van der Waals surface area contributed by atoms with Gasteiger partial charge in [-0.2, -0.15) is 0 Å². The van der Waals surface area contributed by atoms with Crippen LogP contribution in [0.1, 0.15) is 43.3 Å². The highest BCUT2D eigenvalue weighted by molar-refractivity contribution is 6.29. The van der Waals surface area contributed by atoms with E-state index in [9.17, 15) is 14.7 Å². The van der Waals surface area contributed by atoms with E-state index in [0.717, 1.165) is 0 Å². The smallest absolute Gasteiger partial charge is 0.250 e. The van der Waals surface area contributed by atoms with Gasteiger partial charge in [0.1, 0.15) is 11.5 Å². The molecule has 2 aliphatic heterocycles. The van der Waals surface area contributed by atoms with Gasteiger partial charge in [0.25, 0.3) is 6.29 Å². The second-order valence-corrected chi connectivity index (χ2v) is 5.74. The molecule has 0 saturated heterocycles. The van der Waals surface area contributed by atoms with Crippen LogP contribution in [0, 0.1) is 0 Å². The molecule has 3 aliphatic rings. The Morgan fingerprint density at radius 3 is 2.52 bits per heavy atom. The summed E-state index contributed by atoms with van der Waals surface area (Å²) in [7, 11) is 0. The van der Waals surface area contributed by atoms with Crippen LogP contribution in [0.15, 0.2) is 42.7 Å². The summed E-state index contributed by atoms with van der Waals surface area (Å²) in [6.45, 7) is 0. The number of benzene rings is 2. The minimum absolute atomic E-state index is 0.0528. The molecule has 23 heavy (non-hydrogen) atoms. The van der Waals surface area contributed by atoms with E-state index < -0.39 is 6.29 Å². The van der Waals surface area contributed by atoms with E-state index in [0.29, 0.717) is 22.4 Å². The van der Waals surface area contributed by atoms with Crippen LogP contribution in [0.4, 0.5) is 0 Å². The summed E-state index contributed by atoms with van der Waals surface area (Å²) in [5.41, 5.74) is 1.39. The van der Waals surface area contributed by atoms with Gasteiger partial charge in [0.05, 0.1) is 23.3 Å². The van der Waals surface area contributed by atoms with E-state index in [4.69, 9.17) is 9.47 Å². The number of rotatable bonds is 0. The molecule has 1 aliphatic carbocycles. The molecule has 5 rings (SSSR count). The molecule has 2 heterocycles. The summed E-state index contributed by atoms with van der Waals surface area (Å²) in [6.07, 6.45) is 2.73. The Bertz CT molecular complexity index is 941. The van der Waals surface area contributed by atoms with Crippen molar-refractivity contribution in [2.75, 3.05) is 0 Å². The third-order valence-corrected chi connectivity index (χ3v) is 4.56. The van der Waals surface area contributed by atoms with Crippen molar-refractivity contribution in [3.63, 3.8) is 0 Å². The topological polar surface area (TPSA) is 72.8 Å². The Kier molecular flexibility index (Phi) is 2.17. The zero-order valence-electron chi connectivity index (χ0n) is 11.8. The molecule has 2 aromatic carbocycles. The maximum atomic E-state index is 12.8. The second kappa shape index (κ2) is 4.01. The normalized spacial score (nSPS) is 22.8. The largest absolute Gasteiger partial charge is 0.507 e. The summed E-state index contributed by atoms with van der Waals surface area (Å²) in [5, 5.41) is 10.7. The molecule has 0 aromatic heterocycles. The quantitative estimate of drug-likeness (QED) is 0.691. The minimum Gasteiger partial charge on any atom is -0.507 e. The maximum absolute atomic E-state index is 12.8. The van der Waals surface area contributed by atoms with Crippen molar-refractivity contribution in [2.24, 2.45) is 0 Å². The van der Waals surface area contributed by atoms with E-state index in [-0.39, 0.29) is 34.4 Å². The van der Waals surface area contributed by atoms with Crippen molar-refractivity contribution in [1.29, 1.82) is 0 Å². The molecule has 2 unspecified atom stereocenters. The lowest BCUT2D eigenvalue weighted by Gasteiger charge is -2.20. The van der Waals surface area contributed by atoms with Gasteiger partial charge in [-0.05, 0) is 12.1 Å². The number of hydrogen-bond donors (Lipinski definition) is 1. The van der Waals surface area contributed by atoms with Crippen LogP contribution in [0.2, 0.25) is 0 Å². The predicted molar refractivity (Wildman–Crippen MR) is 78.8 cm³/mol. The van der Waals surface area contributed by atoms with Crippen molar-refractivity contribution in [3.8, 4) is 11.5 Å². The third-order valence-electron chi connectivity index (χ3n) is 4.56. The molecule has 0 amide bonds. The molecule has 112 valence electrons. The highest BCUT2D eigenvalue weighted by Crippen LogP contribution is 2.50. The number of phenols is 1. The molecular weight excluding hydrogens is 296 g/mol. The summed E-state index contributed by atoms with van der Waals surface area (Å²) < 4.78 is 10.9. The summed E-state index contributed by atoms with van der Waals surface area (Å²) >= 11 is 0. The van der Waals surface area contributed by atoms with Crippen molar-refractivity contribution in [1.82, 2.24) is 0 Å². The molecule has 0 bridgehead atoms. The zero-order valence-corrected chi connectivity index (χ0v) is 11.8. The van der Waals surface area contributed by atoms with E-state index in [1.165, 1.54) is 12.3 Å². The number of fused-ring (bicyclic) bond motifs is 5. The molecular formula is C18H10O5. The first-order valence-electron chi connectivity index (χ1n) is 7.24. The van der Waals surface area contributed by atoms with Gasteiger partial charge in [-0.25, -0.2) is 0 Å². The fourth-order valence-corrected chi connectivity index (χ4v) is 3.49. The lowest BCUT2D eigenvalue weighted by Crippen LogP contribution is -2.21. The molecule has 5 nitrogen and oxygen atoms in total. The van der Waals surface area contributed by atoms with E-state index in [2.05, 4.69) is 0 Å². The molecule has 2 aromatic rings. The van der Waals surface area contributed by atoms with Crippen LogP contribution in [0.5, 0.6) is 11.5 Å². The molecule has 5 heteroatoms. The number of ether oxygens (including phenoxy) is 2. The van der Waals surface area contributed by atoms with E-state index >= 15 is 0 Å². The van der Waals surface area contributed by atoms with Crippen LogP contribution >= 0.6 is 0 Å². The Morgan fingerprint density at radius 1 is 1.00 bits per heavy atom. The number of ketones is 2. The van der Waals surface area contributed by atoms with Crippen LogP contribution in [-0.4, -0.2) is 23.0 Å². The average Bonchev–Trinajstić information content (AvgIpc) is 3.13. The summed E-state index contributed by atoms with van der Waals surface area (Å²) in [5.74, 6) is -0.697. The molecule has 2 atom stereocenters. The standard InChI is InChI=1S/C18H10O5/c19-15-8-3-1-2-4-9(8)16(20)14-11(15)7-12-13(17(14)21)10-5-6-22-18(10)23-12/h1-7,10,18,21H. The summed E-state index contributed by atoms with van der Waals surface area (Å²) in [6, 6.07) is 8.16. The first kappa shape index (κ1) is 12.5. The number of phenolic OH excluding ortho intramolecular Hbond substituents is 1. The number of carbonyl (C=O) groups excluding carboxylic acids is 2. The first-order chi connectivity index (χ1) is 11.2. The molecule has 0 saturated carbocycles. The lowest BCUT2D eigenvalue weighted by atomic mass is 9.81. The second-order valence-electron chi connectivity index (χ2n) is 5.74. The first-order valence-corrected chi connectivity index (χ1v) is 7.24. The Balaban J connectivity index is 1.80. The summed E-state index contributed by atoms with van der Waals surface area (Å²) in [4.78, 5) is 25.5. The Morgan fingerprint density at radius 2 is 1.74 bits per heavy atom. The van der Waals surface area contributed by atoms with Crippen molar-refractivity contribution in [2.45, 2.75) is 12.2 Å². The predicted octanol–water partition coefficient (Wildman–Crippen LogP) is 2.51. The van der Waals surface area contributed by atoms with Crippen LogP contribution < -0.4 is 4.74 Å². The fourth-order valence-electron chi connectivity index (χ4n) is 3.49. The molecule has 0 radical (unpaired) electrons. The lowest BCUT2D eigenvalue weighted by molar-refractivity contribution is -0.00487. The van der Waals surface area contributed by atoms with Gasteiger partial charge >= 0.3 is 0 Å². The van der Waals surface area contributed by atoms with Crippen LogP contribution in [-0.2, 0) is 4.74 Å². The van der Waals surface area contributed by atoms with Gasteiger partial charge in [-0.1, -0.05) is 24.3 Å². The molecule has 1 N–H and O–H groups in total. The SMILES string of the molecule is O=C1c2ccccc2C(=O)c2c1cc1c(c2O)C2C=COC2O1. The minimum atomic E-state index is -0.549. The van der Waals surface area contributed by atoms with Crippen molar-refractivity contribution in [3.05, 3.63) is 70.5 Å². The van der Waals surface area contributed by atoms with Gasteiger partial charge in [-0.15, -0.1) is 0 Å². The monoisotopic (exact) mass is 306 g/mol. The Labute approximate surface area is 130 Å². The van der Waals surface area contributed by atoms with Gasteiger partial charge in [0.15, 0.2) is 11.6 Å². The van der Waals surface area contributed by atoms with E-state index in [1.807, 2.05) is 0 Å². The Hall–Kier alpha value is -3.08. The van der Waals surface area contributed by atoms with Crippen LogP contribution in [0.3, 0.4) is 0 Å². The number of carbonyl (C=O) groups is 2. The number of aromatic hydroxyl groups is 1. The van der Waals surface area contributed by atoms with E-state index in [1.54, 1.807) is 30.3 Å². The molecule has 0 fully saturated rings. The average molecular weight is 306 g/mol. The third kappa shape index (κ3) is 1.41. The highest BCUT2D eigenvalue weighted by Gasteiger charge is 2.43. The van der Waals surface area contributed by atoms with Gasteiger partial charge in [0, 0.05) is 16.7 Å². The fraction of sp³-hybridized carbons (Fsp3) is 0.111. The van der Waals surface area contributed by atoms with Crippen molar-refractivity contribution < 1.29 is 24.2 Å². The van der Waals surface area contributed by atoms with Crippen LogP contribution in [0.25, 0.3) is 0 Å². The van der Waals surface area contributed by atoms with Crippen molar-refractivity contribution >= 4 is 11.6 Å². The van der Waals surface area contributed by atoms with Gasteiger partial charge in [-0.3, -0.25) is 9.59 Å². The number of hydrogen-bond acceptors (Lipinski definition) is 5.